The van der Waals surface area contributed by atoms with Crippen molar-refractivity contribution in [3.05, 3.63) is 71.2 Å². The monoisotopic (exact) mass is 351 g/mol. The number of aliphatic hydroxyl groups excluding tert-OH is 1. The summed E-state index contributed by atoms with van der Waals surface area (Å²) >= 11 is 0. The van der Waals surface area contributed by atoms with E-state index in [-0.39, 0.29) is 5.91 Å². The lowest BCUT2D eigenvalue weighted by Gasteiger charge is -2.10. The van der Waals surface area contributed by atoms with Gasteiger partial charge in [0.1, 0.15) is 0 Å². The zero-order chi connectivity index (χ0) is 18.5. The molecule has 0 aliphatic carbocycles. The lowest BCUT2D eigenvalue weighted by Crippen LogP contribution is -2.19. The number of hydrogen-bond acceptors (Lipinski definition) is 5. The van der Waals surface area contributed by atoms with E-state index < -0.39 is 6.29 Å². The third-order valence-corrected chi connectivity index (χ3v) is 4.06. The number of carbonyl (C=O) groups excluding carboxylic acids is 1. The Morgan fingerprint density at radius 3 is 2.81 bits per heavy atom. The van der Waals surface area contributed by atoms with Crippen LogP contribution in [-0.4, -0.2) is 28.1 Å². The quantitative estimate of drug-likeness (QED) is 0.667. The highest BCUT2D eigenvalue weighted by molar-refractivity contribution is 5.79. The molecule has 0 spiro atoms. The van der Waals surface area contributed by atoms with Crippen molar-refractivity contribution >= 4 is 16.8 Å². The number of hydrogen-bond donors (Lipinski definition) is 2. The Morgan fingerprint density at radius 2 is 2.04 bits per heavy atom. The number of nitrogens with zero attached hydrogens (tertiary/aromatic N) is 2. The van der Waals surface area contributed by atoms with Crippen LogP contribution in [0.2, 0.25) is 0 Å². The first-order chi connectivity index (χ1) is 12.5. The van der Waals surface area contributed by atoms with E-state index in [9.17, 15) is 9.90 Å². The second kappa shape index (κ2) is 8.03. The average molecular weight is 351 g/mol. The Morgan fingerprint density at radius 1 is 1.19 bits per heavy atom. The zero-order valence-corrected chi connectivity index (χ0v) is 14.8. The van der Waals surface area contributed by atoms with Crippen LogP contribution >= 0.6 is 0 Å². The van der Waals surface area contributed by atoms with E-state index in [4.69, 9.17) is 4.74 Å². The SMILES string of the molecule is COC(O)c1ccnc(Cc2ccc3nc(CNC(C)=O)ccc3c2)c1. The number of fused-ring (bicyclic) bond motifs is 1. The molecule has 1 unspecified atom stereocenters. The van der Waals surface area contributed by atoms with Crippen LogP contribution in [0.4, 0.5) is 0 Å². The molecule has 0 bridgehead atoms. The zero-order valence-electron chi connectivity index (χ0n) is 14.8. The number of carbonyl (C=O) groups is 1. The first-order valence-corrected chi connectivity index (χ1v) is 8.34. The molecule has 26 heavy (non-hydrogen) atoms. The molecule has 0 aliphatic heterocycles. The summed E-state index contributed by atoms with van der Waals surface area (Å²) in [7, 11) is 1.46. The Balaban J connectivity index is 1.79. The maximum absolute atomic E-state index is 11.0. The third kappa shape index (κ3) is 4.41. The molecule has 6 heteroatoms. The number of ether oxygens (including phenoxy) is 1. The fourth-order valence-corrected chi connectivity index (χ4v) is 2.73. The molecule has 3 rings (SSSR count). The van der Waals surface area contributed by atoms with Gasteiger partial charge in [0.25, 0.3) is 0 Å². The summed E-state index contributed by atoms with van der Waals surface area (Å²) in [6, 6.07) is 13.5. The van der Waals surface area contributed by atoms with Crippen LogP contribution in [0.15, 0.2) is 48.7 Å². The molecule has 0 fully saturated rings. The largest absolute Gasteiger partial charge is 0.364 e. The molecule has 2 heterocycles. The second-order valence-corrected chi connectivity index (χ2v) is 6.08. The second-order valence-electron chi connectivity index (χ2n) is 6.08. The topological polar surface area (TPSA) is 84.3 Å². The van der Waals surface area contributed by atoms with Crippen molar-refractivity contribution in [2.45, 2.75) is 26.2 Å². The maximum Gasteiger partial charge on any atom is 0.217 e. The number of aliphatic hydroxyl groups is 1. The number of nitrogens with one attached hydrogen (secondary N) is 1. The highest BCUT2D eigenvalue weighted by atomic mass is 16.6. The van der Waals surface area contributed by atoms with Gasteiger partial charge < -0.3 is 15.2 Å². The maximum atomic E-state index is 11.0. The van der Waals surface area contributed by atoms with Gasteiger partial charge in [0.05, 0.1) is 17.8 Å². The Hall–Kier alpha value is -2.83. The van der Waals surface area contributed by atoms with Crippen molar-refractivity contribution < 1.29 is 14.6 Å². The third-order valence-electron chi connectivity index (χ3n) is 4.06. The molecule has 1 atom stereocenters. The van der Waals surface area contributed by atoms with Crippen LogP contribution < -0.4 is 5.32 Å². The standard InChI is InChI=1S/C20H21N3O3/c1-13(24)22-12-17-5-4-15-9-14(3-6-19(15)23-17)10-18-11-16(7-8-21-18)20(25)26-2/h3-9,11,20,25H,10,12H2,1-2H3,(H,22,24). The molecule has 1 amide bonds. The van der Waals surface area contributed by atoms with E-state index in [2.05, 4.69) is 21.4 Å². The summed E-state index contributed by atoms with van der Waals surface area (Å²) < 4.78 is 4.94. The molecule has 2 N–H and O–H groups in total. The van der Waals surface area contributed by atoms with Gasteiger partial charge in [-0.1, -0.05) is 12.1 Å². The molecule has 0 saturated carbocycles. The molecule has 3 aromatic rings. The summed E-state index contributed by atoms with van der Waals surface area (Å²) in [5, 5.41) is 13.6. The summed E-state index contributed by atoms with van der Waals surface area (Å²) in [6.07, 6.45) is 1.37. The average Bonchev–Trinajstić information content (AvgIpc) is 2.65. The van der Waals surface area contributed by atoms with Gasteiger partial charge >= 0.3 is 0 Å². The van der Waals surface area contributed by atoms with E-state index in [0.717, 1.165) is 27.9 Å². The number of rotatable bonds is 6. The van der Waals surface area contributed by atoms with Crippen molar-refractivity contribution in [3.63, 3.8) is 0 Å². The van der Waals surface area contributed by atoms with Gasteiger partial charge in [-0.25, -0.2) is 0 Å². The van der Waals surface area contributed by atoms with E-state index in [1.54, 1.807) is 12.3 Å². The smallest absolute Gasteiger partial charge is 0.217 e. The van der Waals surface area contributed by atoms with Gasteiger partial charge in [-0.15, -0.1) is 0 Å². The van der Waals surface area contributed by atoms with Crippen LogP contribution in [0, 0.1) is 0 Å². The molecule has 0 saturated heterocycles. The molecule has 134 valence electrons. The van der Waals surface area contributed by atoms with Crippen molar-refractivity contribution in [2.24, 2.45) is 0 Å². The number of methoxy groups -OCH3 is 1. The minimum absolute atomic E-state index is 0.0735. The van der Waals surface area contributed by atoms with Gasteiger partial charge in [-0.3, -0.25) is 14.8 Å². The summed E-state index contributed by atoms with van der Waals surface area (Å²) in [6.45, 7) is 1.91. The molecular weight excluding hydrogens is 330 g/mol. The van der Waals surface area contributed by atoms with Gasteiger partial charge in [-0.2, -0.15) is 0 Å². The van der Waals surface area contributed by atoms with Crippen LogP contribution in [0.5, 0.6) is 0 Å². The molecule has 6 nitrogen and oxygen atoms in total. The molecule has 0 aliphatic rings. The summed E-state index contributed by atoms with van der Waals surface area (Å²) in [4.78, 5) is 19.9. The first-order valence-electron chi connectivity index (χ1n) is 8.34. The highest BCUT2D eigenvalue weighted by Crippen LogP contribution is 2.19. The van der Waals surface area contributed by atoms with Gasteiger partial charge in [0.2, 0.25) is 5.91 Å². The molecule has 0 radical (unpaired) electrons. The number of aromatic nitrogens is 2. The number of pyridine rings is 2. The minimum Gasteiger partial charge on any atom is -0.364 e. The predicted octanol–water partition coefficient (Wildman–Crippen LogP) is 2.49. The Labute approximate surface area is 151 Å². The van der Waals surface area contributed by atoms with Crippen LogP contribution in [0.25, 0.3) is 10.9 Å². The first kappa shape index (κ1) is 18.0. The van der Waals surface area contributed by atoms with Crippen LogP contribution in [0.3, 0.4) is 0 Å². The summed E-state index contributed by atoms with van der Waals surface area (Å²) in [5.41, 5.74) is 4.35. The number of amides is 1. The molecule has 2 aromatic heterocycles. The van der Waals surface area contributed by atoms with Crippen molar-refractivity contribution in [3.8, 4) is 0 Å². The fourth-order valence-electron chi connectivity index (χ4n) is 2.73. The van der Waals surface area contributed by atoms with Crippen molar-refractivity contribution in [1.82, 2.24) is 15.3 Å². The highest BCUT2D eigenvalue weighted by Gasteiger charge is 2.08. The van der Waals surface area contributed by atoms with Gasteiger partial charge in [0, 0.05) is 43.3 Å². The Bertz CT molecular complexity index is 927. The lowest BCUT2D eigenvalue weighted by atomic mass is 10.0. The summed E-state index contributed by atoms with van der Waals surface area (Å²) in [5.74, 6) is -0.0735. The van der Waals surface area contributed by atoms with Crippen molar-refractivity contribution in [1.29, 1.82) is 0 Å². The van der Waals surface area contributed by atoms with Crippen LogP contribution in [0.1, 0.15) is 35.7 Å². The lowest BCUT2D eigenvalue weighted by molar-refractivity contribution is -0.119. The van der Waals surface area contributed by atoms with E-state index in [1.165, 1.54) is 14.0 Å². The van der Waals surface area contributed by atoms with Crippen molar-refractivity contribution in [2.75, 3.05) is 7.11 Å². The van der Waals surface area contributed by atoms with E-state index in [1.807, 2.05) is 30.3 Å². The van der Waals surface area contributed by atoms with Gasteiger partial charge in [0.15, 0.2) is 6.29 Å². The molecule has 1 aromatic carbocycles. The van der Waals surface area contributed by atoms with E-state index in [0.29, 0.717) is 18.5 Å². The predicted molar refractivity (Wildman–Crippen MR) is 98.3 cm³/mol. The number of benzene rings is 1. The van der Waals surface area contributed by atoms with Crippen LogP contribution in [-0.2, 0) is 22.5 Å². The van der Waals surface area contributed by atoms with Gasteiger partial charge in [-0.05, 0) is 35.9 Å². The normalized spacial score (nSPS) is 12.1. The molecular formula is C20H21N3O3. The minimum atomic E-state index is -0.945. The Kier molecular flexibility index (Phi) is 5.55. The fraction of sp³-hybridized carbons (Fsp3) is 0.250. The van der Waals surface area contributed by atoms with E-state index >= 15 is 0 Å².